The highest BCUT2D eigenvalue weighted by atomic mass is 16.5. The summed E-state index contributed by atoms with van der Waals surface area (Å²) in [7, 11) is 0. The van der Waals surface area contributed by atoms with Crippen LogP contribution in [0.25, 0.3) is 0 Å². The Morgan fingerprint density at radius 2 is 1.89 bits per heavy atom. The van der Waals surface area contributed by atoms with Crippen molar-refractivity contribution >= 4 is 17.6 Å². The number of benzene rings is 1. The number of ketones is 1. The van der Waals surface area contributed by atoms with Crippen LogP contribution in [0, 0.1) is 5.92 Å². The molecule has 3 unspecified atom stereocenters. The van der Waals surface area contributed by atoms with Gasteiger partial charge in [0.15, 0.2) is 5.78 Å². The molecule has 4 rings (SSSR count). The molecule has 1 N–H and O–H groups in total. The smallest absolute Gasteiger partial charge is 0.251 e. The van der Waals surface area contributed by atoms with E-state index in [0.29, 0.717) is 30.9 Å². The largest absolute Gasteiger partial charge is 0.368 e. The lowest BCUT2D eigenvalue weighted by molar-refractivity contribution is -0.138. The van der Waals surface area contributed by atoms with Gasteiger partial charge in [-0.3, -0.25) is 14.4 Å². The quantitative estimate of drug-likeness (QED) is 0.859. The van der Waals surface area contributed by atoms with Crippen molar-refractivity contribution in [3.05, 3.63) is 35.9 Å². The molecule has 144 valence electrons. The molecule has 0 radical (unpaired) electrons. The predicted octanol–water partition coefficient (Wildman–Crippen LogP) is 1.93. The Kier molecular flexibility index (Phi) is 5.25. The number of fused-ring (bicyclic) bond motifs is 1. The zero-order chi connectivity index (χ0) is 18.8. The number of hydrogen-bond donors (Lipinski definition) is 1. The molecule has 2 aliphatic heterocycles. The van der Waals surface area contributed by atoms with Gasteiger partial charge < -0.3 is 15.0 Å². The van der Waals surface area contributed by atoms with Gasteiger partial charge in [-0.2, -0.15) is 0 Å². The first kappa shape index (κ1) is 18.2. The highest BCUT2D eigenvalue weighted by Gasteiger charge is 2.48. The van der Waals surface area contributed by atoms with Crippen molar-refractivity contribution in [3.63, 3.8) is 0 Å². The second-order valence-corrected chi connectivity index (χ2v) is 7.86. The van der Waals surface area contributed by atoms with E-state index >= 15 is 0 Å². The van der Waals surface area contributed by atoms with Gasteiger partial charge in [0.25, 0.3) is 5.91 Å². The molecule has 3 fully saturated rings. The lowest BCUT2D eigenvalue weighted by Crippen LogP contribution is -2.52. The van der Waals surface area contributed by atoms with Crippen molar-refractivity contribution in [2.45, 2.75) is 56.7 Å². The Labute approximate surface area is 159 Å². The molecule has 6 heteroatoms. The third-order valence-electron chi connectivity index (χ3n) is 6.08. The van der Waals surface area contributed by atoms with E-state index in [9.17, 15) is 14.4 Å². The molecule has 1 saturated carbocycles. The summed E-state index contributed by atoms with van der Waals surface area (Å²) in [5.41, 5.74) is 0.543. The molecule has 3 atom stereocenters. The number of likely N-dealkylation sites (tertiary alicyclic amines) is 1. The summed E-state index contributed by atoms with van der Waals surface area (Å²) in [6, 6.07) is 7.89. The van der Waals surface area contributed by atoms with E-state index < -0.39 is 12.1 Å². The third-order valence-corrected chi connectivity index (χ3v) is 6.08. The van der Waals surface area contributed by atoms with Crippen LogP contribution in [0.5, 0.6) is 0 Å². The zero-order valence-electron chi connectivity index (χ0n) is 15.4. The first-order chi connectivity index (χ1) is 13.1. The molecule has 0 bridgehead atoms. The number of hydrogen-bond acceptors (Lipinski definition) is 4. The average Bonchev–Trinajstić information content (AvgIpc) is 3.41. The maximum atomic E-state index is 13.3. The van der Waals surface area contributed by atoms with E-state index in [0.717, 1.165) is 12.8 Å². The summed E-state index contributed by atoms with van der Waals surface area (Å²) in [6.45, 7) is 0.602. The van der Waals surface area contributed by atoms with Gasteiger partial charge in [0, 0.05) is 12.1 Å². The van der Waals surface area contributed by atoms with E-state index in [1.807, 2.05) is 18.2 Å². The van der Waals surface area contributed by atoms with E-state index in [4.69, 9.17) is 4.74 Å². The van der Waals surface area contributed by atoms with Crippen LogP contribution in [-0.4, -0.2) is 53.8 Å². The van der Waals surface area contributed by atoms with Gasteiger partial charge in [-0.1, -0.05) is 43.9 Å². The van der Waals surface area contributed by atoms with Crippen molar-refractivity contribution < 1.29 is 19.1 Å². The summed E-state index contributed by atoms with van der Waals surface area (Å²) in [6.07, 6.45) is 5.69. The molecule has 2 heterocycles. The van der Waals surface area contributed by atoms with Crippen LogP contribution < -0.4 is 5.32 Å². The molecule has 27 heavy (non-hydrogen) atoms. The minimum Gasteiger partial charge on any atom is -0.368 e. The van der Waals surface area contributed by atoms with E-state index in [1.165, 1.54) is 12.8 Å². The van der Waals surface area contributed by atoms with Crippen molar-refractivity contribution in [2.75, 3.05) is 13.2 Å². The van der Waals surface area contributed by atoms with Crippen LogP contribution in [-0.2, 0) is 14.3 Å². The normalized spacial score (nSPS) is 26.2. The molecule has 1 aromatic carbocycles. The third kappa shape index (κ3) is 3.76. The van der Waals surface area contributed by atoms with Gasteiger partial charge in [-0.05, 0) is 30.9 Å². The molecular weight excluding hydrogens is 344 g/mol. The average molecular weight is 370 g/mol. The standard InChI is InChI=1S/C21H26N2O4/c24-17-13-27-18-10-11-23(19(17)18)21(26)16(12-14-6-4-5-7-14)22-20(25)15-8-2-1-3-9-15/h1-3,8-9,14,16,18-19H,4-7,10-13H2,(H,22,25). The number of ether oxygens (including phenoxy) is 1. The minimum absolute atomic E-state index is 0.0279. The van der Waals surface area contributed by atoms with Gasteiger partial charge in [-0.15, -0.1) is 0 Å². The van der Waals surface area contributed by atoms with Gasteiger partial charge in [0.05, 0.1) is 6.10 Å². The molecule has 1 aromatic rings. The van der Waals surface area contributed by atoms with Crippen molar-refractivity contribution in [2.24, 2.45) is 5.92 Å². The van der Waals surface area contributed by atoms with Crippen LogP contribution in [0.3, 0.4) is 0 Å². The summed E-state index contributed by atoms with van der Waals surface area (Å²) in [5, 5.41) is 2.95. The Hall–Kier alpha value is -2.21. The number of nitrogens with zero attached hydrogens (tertiary/aromatic N) is 1. The highest BCUT2D eigenvalue weighted by molar-refractivity contribution is 5.99. The first-order valence-corrected chi connectivity index (χ1v) is 9.94. The van der Waals surface area contributed by atoms with Crippen molar-refractivity contribution in [1.29, 1.82) is 0 Å². The molecule has 1 aliphatic carbocycles. The minimum atomic E-state index is -0.590. The number of Topliss-reactive ketones (excluding diaryl/α,β-unsaturated/α-hetero) is 1. The second-order valence-electron chi connectivity index (χ2n) is 7.86. The van der Waals surface area contributed by atoms with Crippen LogP contribution in [0.2, 0.25) is 0 Å². The maximum Gasteiger partial charge on any atom is 0.251 e. The summed E-state index contributed by atoms with van der Waals surface area (Å²) in [4.78, 5) is 39.8. The first-order valence-electron chi connectivity index (χ1n) is 9.94. The maximum absolute atomic E-state index is 13.3. The fraction of sp³-hybridized carbons (Fsp3) is 0.571. The Bertz CT molecular complexity index is 714. The summed E-state index contributed by atoms with van der Waals surface area (Å²) >= 11 is 0. The Morgan fingerprint density at radius 3 is 2.63 bits per heavy atom. The molecule has 2 amide bonds. The molecule has 6 nitrogen and oxygen atoms in total. The number of nitrogens with one attached hydrogen (secondary N) is 1. The summed E-state index contributed by atoms with van der Waals surface area (Å²) < 4.78 is 5.50. The lowest BCUT2D eigenvalue weighted by atomic mass is 9.96. The monoisotopic (exact) mass is 370 g/mol. The Balaban J connectivity index is 1.51. The SMILES string of the molecule is O=C(NC(CC1CCCC1)C(=O)N1CCC2OCC(=O)C21)c1ccccc1. The zero-order valence-corrected chi connectivity index (χ0v) is 15.4. The van der Waals surface area contributed by atoms with E-state index in [-0.39, 0.29) is 30.3 Å². The van der Waals surface area contributed by atoms with Crippen LogP contribution in [0.15, 0.2) is 30.3 Å². The van der Waals surface area contributed by atoms with Gasteiger partial charge in [0.1, 0.15) is 18.7 Å². The van der Waals surface area contributed by atoms with Crippen LogP contribution in [0.4, 0.5) is 0 Å². The molecular formula is C21H26N2O4. The highest BCUT2D eigenvalue weighted by Crippen LogP contribution is 2.31. The Morgan fingerprint density at radius 1 is 1.15 bits per heavy atom. The molecule has 0 aromatic heterocycles. The van der Waals surface area contributed by atoms with Crippen LogP contribution >= 0.6 is 0 Å². The van der Waals surface area contributed by atoms with Crippen LogP contribution in [0.1, 0.15) is 48.9 Å². The topological polar surface area (TPSA) is 75.7 Å². The number of carbonyl (C=O) groups is 3. The van der Waals surface area contributed by atoms with E-state index in [2.05, 4.69) is 5.32 Å². The number of amides is 2. The molecule has 0 spiro atoms. The fourth-order valence-corrected chi connectivity index (χ4v) is 4.67. The second kappa shape index (κ2) is 7.80. The number of rotatable bonds is 5. The lowest BCUT2D eigenvalue weighted by Gasteiger charge is -2.29. The predicted molar refractivity (Wildman–Crippen MR) is 99.1 cm³/mol. The number of carbonyl (C=O) groups excluding carboxylic acids is 3. The fourth-order valence-electron chi connectivity index (χ4n) is 4.67. The van der Waals surface area contributed by atoms with Gasteiger partial charge in [-0.25, -0.2) is 0 Å². The van der Waals surface area contributed by atoms with Crippen molar-refractivity contribution in [3.8, 4) is 0 Å². The van der Waals surface area contributed by atoms with Gasteiger partial charge in [0.2, 0.25) is 5.91 Å². The van der Waals surface area contributed by atoms with Gasteiger partial charge >= 0.3 is 0 Å². The molecule has 3 aliphatic rings. The summed E-state index contributed by atoms with van der Waals surface area (Å²) in [5.74, 6) is 0.0398. The molecule has 2 saturated heterocycles. The van der Waals surface area contributed by atoms with E-state index in [1.54, 1.807) is 17.0 Å². The van der Waals surface area contributed by atoms with Crippen molar-refractivity contribution in [1.82, 2.24) is 10.2 Å².